The van der Waals surface area contributed by atoms with Crippen molar-refractivity contribution in [3.8, 4) is 56.3 Å². The maximum Gasteiger partial charge on any atom is 0.497 e. The van der Waals surface area contributed by atoms with E-state index in [4.69, 9.17) is 18.1 Å². The number of carbonyl (C=O) groups is 2. The first-order valence-electron chi connectivity index (χ1n) is 28.5. The van der Waals surface area contributed by atoms with Crippen LogP contribution in [0.2, 0.25) is 0 Å². The number of nitrogens with zero attached hydrogens (tertiary/aromatic N) is 8. The number of anilines is 2. The van der Waals surface area contributed by atoms with Crippen molar-refractivity contribution >= 4 is 129 Å². The molecule has 13 rings (SSSR count). The van der Waals surface area contributed by atoms with Crippen LogP contribution in [0.3, 0.4) is 0 Å². The molecule has 1 aliphatic heterocycles. The number of imidazole rings is 2. The summed E-state index contributed by atoms with van der Waals surface area (Å²) in [6.07, 6.45) is 16.8. The number of nitrogens with one attached hydrogen (secondary N) is 2. The molecule has 12 aromatic rings. The van der Waals surface area contributed by atoms with Gasteiger partial charge in [-0.05, 0) is 141 Å². The Morgan fingerprint density at radius 1 is 0.570 bits per heavy atom. The fourth-order valence-corrected chi connectivity index (χ4v) is 11.7. The summed E-state index contributed by atoms with van der Waals surface area (Å²) in [5.74, 6) is -1.20. The molecule has 0 saturated carbocycles. The minimum absolute atomic E-state index is 0. The summed E-state index contributed by atoms with van der Waals surface area (Å²) in [6.45, 7) is 7.58. The molecule has 0 atom stereocenters. The number of fused-ring (bicyclic) bond motifs is 4. The summed E-state index contributed by atoms with van der Waals surface area (Å²) >= 11 is 3.41. The Hall–Kier alpha value is -8.87. The monoisotopic (exact) mass is 1470 g/mol. The van der Waals surface area contributed by atoms with Crippen molar-refractivity contribution in [3.05, 3.63) is 198 Å². The normalized spacial score (nSPS) is 13.5. The highest BCUT2D eigenvalue weighted by Gasteiger charge is 2.53. The van der Waals surface area contributed by atoms with Gasteiger partial charge in [-0.3, -0.25) is 28.2 Å². The number of pyridine rings is 4. The van der Waals surface area contributed by atoms with Gasteiger partial charge in [0, 0.05) is 144 Å². The smallest absolute Gasteiger partial charge is 0.455 e. The highest BCUT2D eigenvalue weighted by molar-refractivity contribution is 14.0. The Kier molecular flexibility index (Phi) is 18.9. The number of halogens is 4. The van der Waals surface area contributed by atoms with Crippen LogP contribution in [0.4, 0.5) is 20.2 Å². The molecular formula is C66H61BBrF2IN10O10S2. The first kappa shape index (κ1) is 67.0. The average Bonchev–Trinajstić information content (AvgIpc) is 1.63. The molecular weight excluding hydrogens is 1410 g/mol. The second-order valence-electron chi connectivity index (χ2n) is 22.6. The van der Waals surface area contributed by atoms with E-state index in [-0.39, 0.29) is 52.2 Å². The van der Waals surface area contributed by atoms with E-state index in [9.17, 15) is 35.2 Å². The molecule has 2 amide bonds. The Morgan fingerprint density at radius 2 is 1.00 bits per heavy atom. The van der Waals surface area contributed by atoms with Crippen molar-refractivity contribution in [2.45, 2.75) is 38.9 Å². The summed E-state index contributed by atoms with van der Waals surface area (Å²) in [7, 11) is -2.36. The van der Waals surface area contributed by atoms with E-state index in [1.165, 1.54) is 76.7 Å². The SMILES string of the molecule is Brc1cncc(-c2cn3ccccc3n2)c1.CNC(=O)c1c(-c2ccc(F)cc2)oc2cc(N(C)S(C)(=O)=O)c(-c3cncc(-c4cn5ccccc5n4)c3)cc12.CNC(=O)c1c(-c2ccc(F)cc2)oc2cc(N(C)S(C)(=O)=O)c(B3OC(C)(C)C(C)(C)O3)cc12.I. The summed E-state index contributed by atoms with van der Waals surface area (Å²) in [4.78, 5) is 43.8. The van der Waals surface area contributed by atoms with Crippen LogP contribution in [-0.4, -0.2) is 116 Å². The van der Waals surface area contributed by atoms with Crippen molar-refractivity contribution in [2.24, 2.45) is 0 Å². The second-order valence-corrected chi connectivity index (χ2v) is 27.6. The second kappa shape index (κ2) is 26.3. The molecule has 4 aromatic carbocycles. The van der Waals surface area contributed by atoms with E-state index in [1.54, 1.807) is 42.9 Å². The molecule has 0 aliphatic carbocycles. The van der Waals surface area contributed by atoms with Crippen LogP contribution >= 0.6 is 39.9 Å². The zero-order valence-corrected chi connectivity index (χ0v) is 57.3. The van der Waals surface area contributed by atoms with Gasteiger partial charge >= 0.3 is 7.12 Å². The lowest BCUT2D eigenvalue weighted by molar-refractivity contribution is 0.00578. The molecule has 1 aliphatic rings. The number of rotatable bonds is 12. The first-order chi connectivity index (χ1) is 43.6. The molecule has 2 N–H and O–H groups in total. The van der Waals surface area contributed by atoms with Crippen molar-refractivity contribution < 1.29 is 53.3 Å². The van der Waals surface area contributed by atoms with Crippen LogP contribution in [0.1, 0.15) is 48.4 Å². The Morgan fingerprint density at radius 3 is 1.45 bits per heavy atom. The van der Waals surface area contributed by atoms with Gasteiger partial charge in [0.15, 0.2) is 0 Å². The molecule has 9 heterocycles. The van der Waals surface area contributed by atoms with E-state index < -0.39 is 61.8 Å². The Balaban J connectivity index is 0.000000164. The Labute approximate surface area is 560 Å². The van der Waals surface area contributed by atoms with E-state index in [0.717, 1.165) is 53.7 Å². The lowest BCUT2D eigenvalue weighted by Gasteiger charge is -2.32. The highest BCUT2D eigenvalue weighted by atomic mass is 127. The van der Waals surface area contributed by atoms with E-state index >= 15 is 0 Å². The quantitative estimate of drug-likeness (QED) is 0.0855. The van der Waals surface area contributed by atoms with Crippen LogP contribution in [0, 0.1) is 11.6 Å². The van der Waals surface area contributed by atoms with Gasteiger partial charge in [-0.1, -0.05) is 12.1 Å². The van der Waals surface area contributed by atoms with Crippen LogP contribution < -0.4 is 24.7 Å². The van der Waals surface area contributed by atoms with E-state index in [0.29, 0.717) is 61.1 Å². The summed E-state index contributed by atoms with van der Waals surface area (Å²) in [6, 6.07) is 33.2. The molecule has 0 bridgehead atoms. The number of carbonyl (C=O) groups excluding carboxylic acids is 2. The summed E-state index contributed by atoms with van der Waals surface area (Å²) in [5, 5.41) is 6.16. The number of hydrogen-bond acceptors (Lipinski definition) is 14. The number of benzene rings is 4. The van der Waals surface area contributed by atoms with Crippen LogP contribution in [0.15, 0.2) is 184 Å². The van der Waals surface area contributed by atoms with Gasteiger partial charge in [0.1, 0.15) is 45.6 Å². The number of aromatic nitrogens is 6. The van der Waals surface area contributed by atoms with Crippen molar-refractivity contribution in [1.82, 2.24) is 39.4 Å². The molecule has 93 heavy (non-hydrogen) atoms. The third-order valence-corrected chi connectivity index (χ3v) is 18.8. The minimum atomic E-state index is -3.68. The lowest BCUT2D eigenvalue weighted by atomic mass is 9.77. The maximum atomic E-state index is 13.7. The van der Waals surface area contributed by atoms with Crippen LogP contribution in [0.25, 0.3) is 89.5 Å². The third kappa shape index (κ3) is 13.7. The van der Waals surface area contributed by atoms with E-state index in [2.05, 4.69) is 46.5 Å². The molecule has 20 nitrogen and oxygen atoms in total. The topological polar surface area (TPSA) is 238 Å². The molecule has 0 spiro atoms. The maximum absolute atomic E-state index is 13.7. The molecule has 0 radical (unpaired) electrons. The van der Waals surface area contributed by atoms with E-state index in [1.807, 2.05) is 116 Å². The third-order valence-electron chi connectivity index (χ3n) is 16.0. The summed E-state index contributed by atoms with van der Waals surface area (Å²) in [5.41, 5.74) is 7.96. The fourth-order valence-electron chi connectivity index (χ4n) is 10.3. The predicted molar refractivity (Wildman–Crippen MR) is 371 cm³/mol. The standard InChI is InChI=1S/C30H24FN5O4S.C24H28BFN2O6S.C12H8BrN3.HI/c1-32-30(37)28-23-13-22(19-12-20(16-33-15-19)24-17-36-11-5-4-6-27(36)34-24)25(35(2)41(3,38)39)14-26(23)40-29(28)18-7-9-21(31)10-8-18;1-23(2)24(3,4)34-25(33-23)17-12-16-19(13-18(17)28(6)35(7,30)31)32-21(20(16)22(29)27-5)14-8-10-15(26)11-9-14;13-10-5-9(6-14-7-10)11-8-16-4-2-1-3-12(16)15-11;/h4-17H,1-3H3,(H,32,37);8-13H,1-7H3,(H,27,29);1-8H;1H. The fraction of sp³-hybridized carbons (Fsp3) is 0.182. The van der Waals surface area contributed by atoms with Crippen LogP contribution in [-0.2, 0) is 29.4 Å². The van der Waals surface area contributed by atoms with Gasteiger partial charge in [-0.25, -0.2) is 35.6 Å². The number of hydrogen-bond donors (Lipinski definition) is 2. The summed E-state index contributed by atoms with van der Waals surface area (Å²) < 4.78 is 109. The van der Waals surface area contributed by atoms with Gasteiger partial charge < -0.3 is 37.6 Å². The van der Waals surface area contributed by atoms with Crippen LogP contribution in [0.5, 0.6) is 0 Å². The van der Waals surface area contributed by atoms with Crippen molar-refractivity contribution in [2.75, 3.05) is 49.3 Å². The van der Waals surface area contributed by atoms with Gasteiger partial charge in [0.05, 0.1) is 57.6 Å². The minimum Gasteiger partial charge on any atom is -0.455 e. The molecule has 1 fully saturated rings. The molecule has 478 valence electrons. The molecule has 0 unspecified atom stereocenters. The Bertz CT molecular complexity index is 5000. The number of furan rings is 2. The van der Waals surface area contributed by atoms with Gasteiger partial charge in [-0.15, -0.1) is 24.0 Å². The number of sulfonamides is 2. The first-order valence-corrected chi connectivity index (χ1v) is 33.0. The average molecular weight is 1470 g/mol. The van der Waals surface area contributed by atoms with Gasteiger partial charge in [0.25, 0.3) is 11.8 Å². The van der Waals surface area contributed by atoms with Gasteiger partial charge in [0.2, 0.25) is 20.0 Å². The number of amides is 2. The zero-order valence-electron chi connectivity index (χ0n) is 51.8. The highest BCUT2D eigenvalue weighted by Crippen LogP contribution is 2.43. The molecule has 1 saturated heterocycles. The van der Waals surface area contributed by atoms with Crippen molar-refractivity contribution in [3.63, 3.8) is 0 Å². The molecule has 27 heteroatoms. The van der Waals surface area contributed by atoms with Crippen molar-refractivity contribution in [1.29, 1.82) is 0 Å². The zero-order chi connectivity index (χ0) is 65.8. The lowest BCUT2D eigenvalue weighted by Crippen LogP contribution is -2.41. The van der Waals surface area contributed by atoms with Gasteiger partial charge in [-0.2, -0.15) is 0 Å². The predicted octanol–water partition coefficient (Wildman–Crippen LogP) is 12.4. The molecule has 8 aromatic heterocycles. The largest absolute Gasteiger partial charge is 0.497 e.